The first-order chi connectivity index (χ1) is 64.1. The molecule has 0 amide bonds. The van der Waals surface area contributed by atoms with Gasteiger partial charge >= 0.3 is 0 Å². The van der Waals surface area contributed by atoms with Crippen molar-refractivity contribution >= 4 is 109 Å². The molecule has 0 bridgehead atoms. The Kier molecular flexibility index (Phi) is 21.9. The Labute approximate surface area is 758 Å². The molecule has 0 aliphatic heterocycles. The zero-order chi connectivity index (χ0) is 87.5. The summed E-state index contributed by atoms with van der Waals surface area (Å²) in [5, 5.41) is 13.0. The van der Waals surface area contributed by atoms with E-state index in [0.29, 0.717) is 0 Å². The molecule has 0 atom stereocenters. The summed E-state index contributed by atoms with van der Waals surface area (Å²) in [4.78, 5) is 0. The first-order valence-electron chi connectivity index (χ1n) is 44.9. The van der Waals surface area contributed by atoms with Crippen LogP contribution in [0.1, 0.15) is 27.8 Å². The van der Waals surface area contributed by atoms with Gasteiger partial charge in [0.15, 0.2) is 0 Å². The van der Waals surface area contributed by atoms with E-state index in [1.165, 1.54) is 221 Å². The number of fused-ring (bicyclic) bond motifs is 15. The van der Waals surface area contributed by atoms with Gasteiger partial charge in [-0.25, -0.2) is 0 Å². The minimum atomic E-state index is 1.19. The average molecular weight is 1670 g/mol. The van der Waals surface area contributed by atoms with E-state index in [2.05, 4.69) is 543 Å². The molecule has 130 heavy (non-hydrogen) atoms. The fraction of sp³-hybridized carbons (Fsp3) is 0.0400. The average Bonchev–Trinajstić information content (AvgIpc) is 1.69. The predicted octanol–water partition coefficient (Wildman–Crippen LogP) is 33.8. The Balaban J connectivity index is 0.0000000983. The largest absolute Gasteiger partial charge is 0.309 e. The molecule has 0 fully saturated rings. The van der Waals surface area contributed by atoms with Crippen LogP contribution >= 0.6 is 0 Å². The van der Waals surface area contributed by atoms with Crippen molar-refractivity contribution in [2.24, 2.45) is 0 Å². The van der Waals surface area contributed by atoms with E-state index in [0.717, 1.165) is 0 Å². The maximum atomic E-state index is 2.37. The van der Waals surface area contributed by atoms with Crippen LogP contribution in [0.2, 0.25) is 0 Å². The molecule has 0 saturated heterocycles. The molecule has 25 aromatic rings. The first-order valence-corrected chi connectivity index (χ1v) is 44.9. The van der Waals surface area contributed by atoms with E-state index >= 15 is 0 Å². The summed E-state index contributed by atoms with van der Waals surface area (Å²) < 4.78 is 11.8. The van der Waals surface area contributed by atoms with E-state index in [9.17, 15) is 0 Å². The van der Waals surface area contributed by atoms with Crippen molar-refractivity contribution in [3.05, 3.63) is 513 Å². The number of para-hydroxylation sites is 10. The fourth-order valence-electron chi connectivity index (χ4n) is 19.5. The Hall–Kier alpha value is -16.6. The highest BCUT2D eigenvalue weighted by Gasteiger charge is 2.22. The van der Waals surface area contributed by atoms with Crippen LogP contribution in [-0.4, -0.2) is 22.8 Å². The van der Waals surface area contributed by atoms with E-state index < -0.39 is 0 Å². The number of benzene rings is 20. The van der Waals surface area contributed by atoms with Crippen LogP contribution in [-0.2, 0) is 0 Å². The molecular weight excluding hydrogens is 1570 g/mol. The van der Waals surface area contributed by atoms with Gasteiger partial charge in [-0.2, -0.15) is 0 Å². The maximum absolute atomic E-state index is 2.37. The molecule has 25 rings (SSSR count). The predicted molar refractivity (Wildman–Crippen MR) is 555 cm³/mol. The summed E-state index contributed by atoms with van der Waals surface area (Å²) in [7, 11) is 0. The SMILES string of the molecule is Cc1ccc(-c2cccc3c2c2ccccc2n3-c2ccccc2)cc1.Cc1cccc(-c2ccc3c(c2)c2ccccc2n3-c2ccccc2)c1.Cc1cccc(-c2cccc3c2c2ccccc2n3-c2ccccc2)c1.Cc1ccccc1-c1ccc2c(c1)c1ccccc1n2-c1ccccc1.Cc1ccccc1-c1cccc2c1c1ccccc1n2-c1ccccc1. The Morgan fingerprint density at radius 2 is 0.385 bits per heavy atom. The Bertz CT molecular complexity index is 8430. The van der Waals surface area contributed by atoms with Crippen molar-refractivity contribution < 1.29 is 0 Å². The van der Waals surface area contributed by atoms with Crippen LogP contribution in [0, 0.1) is 34.6 Å². The van der Waals surface area contributed by atoms with E-state index in [1.807, 2.05) is 0 Å². The van der Waals surface area contributed by atoms with E-state index in [4.69, 9.17) is 0 Å². The zero-order valence-corrected chi connectivity index (χ0v) is 73.4. The van der Waals surface area contributed by atoms with Gasteiger partial charge in [-0.1, -0.05) is 369 Å². The lowest BCUT2D eigenvalue weighted by atomic mass is 9.96. The van der Waals surface area contributed by atoms with E-state index in [1.54, 1.807) is 0 Å². The minimum absolute atomic E-state index is 1.19. The van der Waals surface area contributed by atoms with Crippen LogP contribution in [0.3, 0.4) is 0 Å². The summed E-state index contributed by atoms with van der Waals surface area (Å²) >= 11 is 0. The number of aryl methyl sites for hydroxylation is 5. The van der Waals surface area contributed by atoms with Crippen LogP contribution < -0.4 is 0 Å². The zero-order valence-electron chi connectivity index (χ0n) is 73.4. The van der Waals surface area contributed by atoms with Gasteiger partial charge in [-0.15, -0.1) is 0 Å². The lowest BCUT2D eigenvalue weighted by molar-refractivity contribution is 1.18. The summed E-state index contributed by atoms with van der Waals surface area (Å²) in [5.41, 5.74) is 37.7. The van der Waals surface area contributed by atoms with Gasteiger partial charge in [0.2, 0.25) is 0 Å². The van der Waals surface area contributed by atoms with Crippen molar-refractivity contribution in [2.75, 3.05) is 0 Å². The molecule has 20 aromatic carbocycles. The van der Waals surface area contributed by atoms with Gasteiger partial charge in [0.25, 0.3) is 0 Å². The lowest BCUT2D eigenvalue weighted by Gasteiger charge is -2.10. The molecule has 0 spiro atoms. The number of hydrogen-bond acceptors (Lipinski definition) is 0. The molecule has 5 aromatic heterocycles. The number of rotatable bonds is 10. The number of aromatic nitrogens is 5. The molecule has 0 radical (unpaired) electrons. The maximum Gasteiger partial charge on any atom is 0.0547 e. The van der Waals surface area contributed by atoms with Crippen LogP contribution in [0.25, 0.3) is 193 Å². The molecule has 5 heteroatoms. The molecule has 5 heterocycles. The van der Waals surface area contributed by atoms with Crippen molar-refractivity contribution in [3.8, 4) is 84.1 Å². The topological polar surface area (TPSA) is 24.6 Å². The molecule has 5 nitrogen and oxygen atoms in total. The van der Waals surface area contributed by atoms with Crippen molar-refractivity contribution in [1.82, 2.24) is 22.8 Å². The standard InChI is InChI=1S/5C25H19N/c1-18-9-7-10-19(17-18)21-14-8-16-24-25(21)22-13-5-6-15-23(22)26(24)20-11-3-2-4-12-20;1-18-10-5-6-13-20(18)21-15-9-17-24-25(21)22-14-7-8-16-23(22)26(24)19-11-3-2-4-12-19;1-18-8-7-9-19(16-18)20-14-15-25-23(17-20)22-12-5-6-13-24(22)26(25)21-10-3-2-4-11-21;1-18-9-5-6-12-21(18)19-15-16-25-23(17-19)22-13-7-8-14-24(22)26(25)20-10-3-2-4-11-20;1-18-14-16-19(17-15-18)21-11-7-13-24-25(21)22-10-5-6-12-23(22)26(24)20-8-3-2-4-9-20/h5*2-17H,1H3. The lowest BCUT2D eigenvalue weighted by Crippen LogP contribution is -1.93. The van der Waals surface area contributed by atoms with Crippen LogP contribution in [0.15, 0.2) is 485 Å². The second kappa shape index (κ2) is 35.4. The highest BCUT2D eigenvalue weighted by atomic mass is 15.0. The first kappa shape index (κ1) is 80.5. The van der Waals surface area contributed by atoms with Crippen molar-refractivity contribution in [2.45, 2.75) is 34.6 Å². The molecular formula is C125H95N5. The van der Waals surface area contributed by atoms with Gasteiger partial charge < -0.3 is 22.8 Å². The van der Waals surface area contributed by atoms with Gasteiger partial charge in [-0.05, 0) is 235 Å². The Morgan fingerprint density at radius 1 is 0.131 bits per heavy atom. The van der Waals surface area contributed by atoms with Gasteiger partial charge in [0, 0.05) is 82.3 Å². The summed E-state index contributed by atoms with van der Waals surface area (Å²) in [6.07, 6.45) is 0. The molecule has 0 saturated carbocycles. The molecule has 0 unspecified atom stereocenters. The van der Waals surface area contributed by atoms with Crippen LogP contribution in [0.5, 0.6) is 0 Å². The van der Waals surface area contributed by atoms with Gasteiger partial charge in [-0.3, -0.25) is 0 Å². The highest BCUT2D eigenvalue weighted by Crippen LogP contribution is 2.45. The quantitative estimate of drug-likeness (QED) is 0.130. The van der Waals surface area contributed by atoms with Gasteiger partial charge in [0.1, 0.15) is 0 Å². The molecule has 0 N–H and O–H groups in total. The smallest absolute Gasteiger partial charge is 0.0547 e. The molecule has 0 aliphatic carbocycles. The van der Waals surface area contributed by atoms with Gasteiger partial charge in [0.05, 0.1) is 55.2 Å². The number of hydrogen-bond donors (Lipinski definition) is 0. The van der Waals surface area contributed by atoms with Crippen molar-refractivity contribution in [3.63, 3.8) is 0 Å². The minimum Gasteiger partial charge on any atom is -0.309 e. The third-order valence-corrected chi connectivity index (χ3v) is 25.4. The third-order valence-electron chi connectivity index (χ3n) is 25.4. The van der Waals surface area contributed by atoms with E-state index in [-0.39, 0.29) is 0 Å². The monoisotopic (exact) mass is 1670 g/mol. The Morgan fingerprint density at radius 3 is 0.792 bits per heavy atom. The summed E-state index contributed by atoms with van der Waals surface area (Å²) in [5.74, 6) is 0. The summed E-state index contributed by atoms with van der Waals surface area (Å²) in [6, 6.07) is 173. The second-order valence-corrected chi connectivity index (χ2v) is 33.7. The van der Waals surface area contributed by atoms with Crippen LogP contribution in [0.4, 0.5) is 0 Å². The second-order valence-electron chi connectivity index (χ2n) is 33.7. The highest BCUT2D eigenvalue weighted by molar-refractivity contribution is 6.19. The molecule has 0 aliphatic rings. The fourth-order valence-corrected chi connectivity index (χ4v) is 19.5. The summed E-state index contributed by atoms with van der Waals surface area (Å²) in [6.45, 7) is 10.8. The third kappa shape index (κ3) is 15.2. The number of nitrogens with zero attached hydrogens (tertiary/aromatic N) is 5. The van der Waals surface area contributed by atoms with Crippen molar-refractivity contribution in [1.29, 1.82) is 0 Å². The molecule has 620 valence electrons. The normalized spacial score (nSPS) is 11.3.